The van der Waals surface area contributed by atoms with E-state index >= 15 is 0 Å². The van der Waals surface area contributed by atoms with Crippen LogP contribution in [0.25, 0.3) is 0 Å². The van der Waals surface area contributed by atoms with Crippen LogP contribution in [0, 0.1) is 5.92 Å². The van der Waals surface area contributed by atoms with Gasteiger partial charge in [0.05, 0.1) is 31.9 Å². The van der Waals surface area contributed by atoms with E-state index in [0.717, 1.165) is 39.1 Å². The number of carbonyl (C=O) groups is 2. The second kappa shape index (κ2) is 10.6. The Bertz CT molecular complexity index is 686. The smallest absolute Gasteiger partial charge is 0.240 e. The molecule has 1 aromatic carbocycles. The maximum atomic E-state index is 12.8. The van der Waals surface area contributed by atoms with Crippen molar-refractivity contribution < 1.29 is 19.1 Å². The van der Waals surface area contributed by atoms with E-state index in [1.165, 1.54) is 0 Å². The molecule has 160 valence electrons. The summed E-state index contributed by atoms with van der Waals surface area (Å²) in [4.78, 5) is 29.3. The van der Waals surface area contributed by atoms with Gasteiger partial charge >= 0.3 is 0 Å². The first kappa shape index (κ1) is 21.6. The summed E-state index contributed by atoms with van der Waals surface area (Å²) in [5, 5.41) is 3.09. The molecule has 0 spiro atoms. The molecule has 2 aliphatic heterocycles. The molecule has 1 fully saturated rings. The topological polar surface area (TPSA) is 71.1 Å². The van der Waals surface area contributed by atoms with Crippen LogP contribution in [0.3, 0.4) is 0 Å². The number of fused-ring (bicyclic) bond motifs is 1. The third kappa shape index (κ3) is 5.48. The number of rotatable bonds is 8. The van der Waals surface area contributed by atoms with E-state index in [0.29, 0.717) is 30.5 Å². The van der Waals surface area contributed by atoms with E-state index in [9.17, 15) is 9.59 Å². The average Bonchev–Trinajstić information content (AvgIpc) is 2.90. The fourth-order valence-corrected chi connectivity index (χ4v) is 4.25. The molecule has 0 saturated carbocycles. The number of nitrogens with zero attached hydrogens (tertiary/aromatic N) is 2. The monoisotopic (exact) mass is 403 g/mol. The van der Waals surface area contributed by atoms with Gasteiger partial charge < -0.3 is 14.8 Å². The van der Waals surface area contributed by atoms with Crippen molar-refractivity contribution in [2.24, 2.45) is 5.92 Å². The number of benzene rings is 1. The van der Waals surface area contributed by atoms with Crippen molar-refractivity contribution in [3.63, 3.8) is 0 Å². The number of para-hydroxylation sites is 2. The Balaban J connectivity index is 1.64. The maximum absolute atomic E-state index is 12.8. The summed E-state index contributed by atoms with van der Waals surface area (Å²) in [6.07, 6.45) is 2.42. The summed E-state index contributed by atoms with van der Waals surface area (Å²) in [5.41, 5.74) is 0.662. The zero-order valence-electron chi connectivity index (χ0n) is 17.6. The van der Waals surface area contributed by atoms with Gasteiger partial charge in [0.25, 0.3) is 0 Å². The van der Waals surface area contributed by atoms with E-state index in [1.807, 2.05) is 24.3 Å². The van der Waals surface area contributed by atoms with Crippen molar-refractivity contribution >= 4 is 17.5 Å². The molecule has 0 bridgehead atoms. The number of carbonyl (C=O) groups excluding carboxylic acids is 2. The molecule has 1 N–H and O–H groups in total. The van der Waals surface area contributed by atoms with E-state index in [-0.39, 0.29) is 30.8 Å². The van der Waals surface area contributed by atoms with Crippen LogP contribution in [-0.4, -0.2) is 68.8 Å². The Morgan fingerprint density at radius 3 is 2.59 bits per heavy atom. The molecule has 2 heterocycles. The standard InChI is InChI=1S/C22H33N3O4/c1-3-17(4-2)19(24-10-13-28-14-11-24)15-23-21(26)16-25-18-7-5-6-8-20(18)29-12-9-22(25)27/h5-8,17,19H,3-4,9-16H2,1-2H3,(H,23,26)/t19-/m0/s1. The number of ether oxygens (including phenoxy) is 2. The fourth-order valence-electron chi connectivity index (χ4n) is 4.25. The largest absolute Gasteiger partial charge is 0.491 e. The highest BCUT2D eigenvalue weighted by Crippen LogP contribution is 2.30. The molecule has 7 nitrogen and oxygen atoms in total. The van der Waals surface area contributed by atoms with Gasteiger partial charge in [-0.25, -0.2) is 0 Å². The van der Waals surface area contributed by atoms with Gasteiger partial charge in [0.1, 0.15) is 12.3 Å². The summed E-state index contributed by atoms with van der Waals surface area (Å²) in [6.45, 7) is 8.61. The van der Waals surface area contributed by atoms with Crippen LogP contribution in [0.4, 0.5) is 5.69 Å². The predicted octanol–water partition coefficient (Wildman–Crippen LogP) is 2.06. The molecule has 7 heteroatoms. The van der Waals surface area contributed by atoms with Crippen molar-refractivity contribution in [1.29, 1.82) is 0 Å². The summed E-state index contributed by atoms with van der Waals surface area (Å²) in [6, 6.07) is 7.67. The summed E-state index contributed by atoms with van der Waals surface area (Å²) in [7, 11) is 0. The minimum atomic E-state index is -0.140. The van der Waals surface area contributed by atoms with E-state index in [2.05, 4.69) is 24.1 Å². The molecule has 0 aromatic heterocycles. The Labute approximate surface area is 173 Å². The van der Waals surface area contributed by atoms with Gasteiger partial charge in [0, 0.05) is 25.7 Å². The predicted molar refractivity (Wildman–Crippen MR) is 112 cm³/mol. The molecule has 2 amide bonds. The van der Waals surface area contributed by atoms with Crippen LogP contribution in [0.15, 0.2) is 24.3 Å². The lowest BCUT2D eigenvalue weighted by molar-refractivity contribution is -0.124. The lowest BCUT2D eigenvalue weighted by atomic mass is 9.92. The molecular weight excluding hydrogens is 370 g/mol. The molecule has 0 aliphatic carbocycles. The second-order valence-electron chi connectivity index (χ2n) is 7.64. The van der Waals surface area contributed by atoms with Crippen LogP contribution in [0.2, 0.25) is 0 Å². The van der Waals surface area contributed by atoms with E-state index < -0.39 is 0 Å². The first-order chi connectivity index (χ1) is 14.1. The van der Waals surface area contributed by atoms with Gasteiger partial charge in [0.2, 0.25) is 11.8 Å². The van der Waals surface area contributed by atoms with Gasteiger partial charge in [0.15, 0.2) is 0 Å². The summed E-state index contributed by atoms with van der Waals surface area (Å²) >= 11 is 0. The highest BCUT2D eigenvalue weighted by atomic mass is 16.5. The van der Waals surface area contributed by atoms with Crippen LogP contribution >= 0.6 is 0 Å². The Morgan fingerprint density at radius 2 is 1.86 bits per heavy atom. The van der Waals surface area contributed by atoms with Gasteiger partial charge in [-0.1, -0.05) is 38.8 Å². The molecule has 0 radical (unpaired) electrons. The summed E-state index contributed by atoms with van der Waals surface area (Å²) < 4.78 is 11.2. The second-order valence-corrected chi connectivity index (χ2v) is 7.64. The van der Waals surface area contributed by atoms with Crippen molar-refractivity contribution in [2.45, 2.75) is 39.2 Å². The number of morpholine rings is 1. The molecule has 29 heavy (non-hydrogen) atoms. The van der Waals surface area contributed by atoms with Crippen LogP contribution in [0.1, 0.15) is 33.1 Å². The molecule has 1 saturated heterocycles. The van der Waals surface area contributed by atoms with Gasteiger partial charge in [-0.3, -0.25) is 19.4 Å². The highest BCUT2D eigenvalue weighted by Gasteiger charge is 2.29. The highest BCUT2D eigenvalue weighted by molar-refractivity contribution is 6.00. The average molecular weight is 404 g/mol. The zero-order chi connectivity index (χ0) is 20.6. The SMILES string of the molecule is CCC(CC)[C@H](CNC(=O)CN1C(=O)CCOc2ccccc21)N1CCOCC1. The van der Waals surface area contributed by atoms with Gasteiger partial charge in [-0.2, -0.15) is 0 Å². The molecule has 3 rings (SSSR count). The lowest BCUT2D eigenvalue weighted by Gasteiger charge is -2.39. The molecule has 1 atom stereocenters. The third-order valence-corrected chi connectivity index (χ3v) is 5.95. The van der Waals surface area contributed by atoms with Crippen LogP contribution in [0.5, 0.6) is 5.75 Å². The fraction of sp³-hybridized carbons (Fsp3) is 0.636. The van der Waals surface area contributed by atoms with Crippen LogP contribution < -0.4 is 15.0 Å². The number of anilines is 1. The van der Waals surface area contributed by atoms with Gasteiger partial charge in [-0.05, 0) is 18.1 Å². The minimum absolute atomic E-state index is 0.0119. The number of nitrogens with one attached hydrogen (secondary N) is 1. The number of amides is 2. The van der Waals surface area contributed by atoms with Crippen molar-refractivity contribution in [1.82, 2.24) is 10.2 Å². The molecule has 1 aromatic rings. The number of hydrogen-bond acceptors (Lipinski definition) is 5. The van der Waals surface area contributed by atoms with Crippen molar-refractivity contribution in [3.8, 4) is 5.75 Å². The van der Waals surface area contributed by atoms with Gasteiger partial charge in [-0.15, -0.1) is 0 Å². The first-order valence-corrected chi connectivity index (χ1v) is 10.7. The lowest BCUT2D eigenvalue weighted by Crippen LogP contribution is -2.53. The quantitative estimate of drug-likeness (QED) is 0.719. The number of hydrogen-bond donors (Lipinski definition) is 1. The van der Waals surface area contributed by atoms with Crippen molar-refractivity contribution in [3.05, 3.63) is 24.3 Å². The Morgan fingerprint density at radius 1 is 1.14 bits per heavy atom. The summed E-state index contributed by atoms with van der Waals surface area (Å²) in [5.74, 6) is 0.936. The normalized spacial score (nSPS) is 18.7. The Kier molecular flexibility index (Phi) is 7.89. The van der Waals surface area contributed by atoms with Crippen LogP contribution in [-0.2, 0) is 14.3 Å². The molecule has 0 unspecified atom stereocenters. The molecular formula is C22H33N3O4. The first-order valence-electron chi connectivity index (χ1n) is 10.7. The van der Waals surface area contributed by atoms with E-state index in [1.54, 1.807) is 4.90 Å². The maximum Gasteiger partial charge on any atom is 0.240 e. The minimum Gasteiger partial charge on any atom is -0.491 e. The molecule has 2 aliphatic rings. The third-order valence-electron chi connectivity index (χ3n) is 5.95. The Hall–Kier alpha value is -2.12. The van der Waals surface area contributed by atoms with Crippen molar-refractivity contribution in [2.75, 3.05) is 50.9 Å². The zero-order valence-corrected chi connectivity index (χ0v) is 17.6. The van der Waals surface area contributed by atoms with E-state index in [4.69, 9.17) is 9.47 Å².